The molecule has 2 heterocycles. The zero-order valence-corrected chi connectivity index (χ0v) is 17.0. The second kappa shape index (κ2) is 10.2. The molecule has 1 aromatic heterocycles. The molecule has 0 bridgehead atoms. The normalized spacial score (nSPS) is 16.0. The third-order valence-electron chi connectivity index (χ3n) is 4.66. The fourth-order valence-corrected chi connectivity index (χ4v) is 3.27. The van der Waals surface area contributed by atoms with Crippen LogP contribution in [0, 0.1) is 6.92 Å². The van der Waals surface area contributed by atoms with Crippen molar-refractivity contribution < 1.29 is 13.9 Å². The Labute approximate surface area is 171 Å². The van der Waals surface area contributed by atoms with Gasteiger partial charge in [0.05, 0.1) is 25.5 Å². The largest absolute Gasteiger partial charge is 0.467 e. The van der Waals surface area contributed by atoms with E-state index >= 15 is 0 Å². The third-order valence-corrected chi connectivity index (χ3v) is 5.06. The minimum absolute atomic E-state index is 0.0915. The van der Waals surface area contributed by atoms with E-state index in [1.807, 2.05) is 17.0 Å². The number of nitrogens with zero attached hydrogens (tertiary/aromatic N) is 1. The quantitative estimate of drug-likeness (QED) is 0.663. The molecule has 7 heteroatoms. The third kappa shape index (κ3) is 6.35. The molecule has 1 aliphatic heterocycles. The fourth-order valence-electron chi connectivity index (χ4n) is 3.07. The molecule has 0 spiro atoms. The molecule has 1 amide bonds. The zero-order valence-electron chi connectivity index (χ0n) is 16.1. The maximum absolute atomic E-state index is 12.1. The van der Waals surface area contributed by atoms with E-state index in [0.29, 0.717) is 24.7 Å². The van der Waals surface area contributed by atoms with Gasteiger partial charge in [-0.05, 0) is 49.7 Å². The number of benzene rings is 1. The van der Waals surface area contributed by atoms with Gasteiger partial charge in [0.15, 0.2) is 5.11 Å². The molecule has 3 rings (SSSR count). The van der Waals surface area contributed by atoms with Crippen molar-refractivity contribution in [2.75, 3.05) is 19.7 Å². The summed E-state index contributed by atoms with van der Waals surface area (Å²) >= 11 is 5.55. The van der Waals surface area contributed by atoms with Gasteiger partial charge in [-0.15, -0.1) is 0 Å². The maximum atomic E-state index is 12.1. The number of rotatable bonds is 8. The second-order valence-corrected chi connectivity index (χ2v) is 7.41. The molecule has 0 radical (unpaired) electrons. The van der Waals surface area contributed by atoms with Gasteiger partial charge in [0.1, 0.15) is 5.76 Å². The molecule has 2 N–H and O–H groups in total. The summed E-state index contributed by atoms with van der Waals surface area (Å²) in [5.41, 5.74) is 2.36. The minimum Gasteiger partial charge on any atom is -0.467 e. The first kappa shape index (κ1) is 20.4. The first-order chi connectivity index (χ1) is 13.6. The molecular weight excluding hydrogens is 374 g/mol. The van der Waals surface area contributed by atoms with E-state index in [-0.39, 0.29) is 18.6 Å². The average molecular weight is 402 g/mol. The van der Waals surface area contributed by atoms with E-state index in [1.165, 1.54) is 5.56 Å². The predicted molar refractivity (Wildman–Crippen MR) is 112 cm³/mol. The smallest absolute Gasteiger partial charge is 0.239 e. The van der Waals surface area contributed by atoms with Gasteiger partial charge in [0, 0.05) is 19.7 Å². The summed E-state index contributed by atoms with van der Waals surface area (Å²) in [7, 11) is 0. The molecule has 1 unspecified atom stereocenters. The second-order valence-electron chi connectivity index (χ2n) is 7.02. The molecule has 0 saturated carbocycles. The van der Waals surface area contributed by atoms with Crippen LogP contribution in [0.4, 0.5) is 0 Å². The highest BCUT2D eigenvalue weighted by Crippen LogP contribution is 2.12. The van der Waals surface area contributed by atoms with Gasteiger partial charge >= 0.3 is 0 Å². The average Bonchev–Trinajstić information content (AvgIpc) is 3.39. The number of hydrogen-bond acceptors (Lipinski definition) is 4. The summed E-state index contributed by atoms with van der Waals surface area (Å²) in [5.74, 6) is 0.727. The van der Waals surface area contributed by atoms with Crippen LogP contribution in [-0.4, -0.2) is 41.7 Å². The molecular formula is C21H27N3O3S. The van der Waals surface area contributed by atoms with E-state index in [0.717, 1.165) is 30.8 Å². The molecule has 150 valence electrons. The molecule has 1 aliphatic rings. The van der Waals surface area contributed by atoms with Crippen LogP contribution < -0.4 is 10.6 Å². The van der Waals surface area contributed by atoms with Crippen molar-refractivity contribution in [1.82, 2.24) is 15.5 Å². The van der Waals surface area contributed by atoms with Crippen LogP contribution in [0.15, 0.2) is 47.1 Å². The van der Waals surface area contributed by atoms with Gasteiger partial charge in [-0.25, -0.2) is 0 Å². The van der Waals surface area contributed by atoms with Crippen LogP contribution in [0.1, 0.15) is 29.7 Å². The lowest BCUT2D eigenvalue weighted by Gasteiger charge is -2.25. The van der Waals surface area contributed by atoms with Crippen molar-refractivity contribution in [3.63, 3.8) is 0 Å². The summed E-state index contributed by atoms with van der Waals surface area (Å²) in [6.07, 6.45) is 3.84. The number of amides is 1. The molecule has 0 aliphatic carbocycles. The van der Waals surface area contributed by atoms with Crippen molar-refractivity contribution in [2.45, 2.75) is 39.0 Å². The monoisotopic (exact) mass is 401 g/mol. The number of carbonyl (C=O) groups is 1. The Morgan fingerprint density at radius 3 is 2.71 bits per heavy atom. The van der Waals surface area contributed by atoms with Crippen LogP contribution in [0.5, 0.6) is 0 Å². The van der Waals surface area contributed by atoms with E-state index in [4.69, 9.17) is 21.4 Å². The first-order valence-corrected chi connectivity index (χ1v) is 10.00. The van der Waals surface area contributed by atoms with Crippen molar-refractivity contribution in [3.8, 4) is 0 Å². The standard InChI is InChI=1S/C21H27N3O3S/c1-16-6-8-17(9-7-16)14-24(15-19-5-3-11-27-19)21(28)23-13-20(25)22-12-18-4-2-10-26-18/h3,5-9,11,18H,2,4,10,12-15H2,1H3,(H,22,25)(H,23,28). The maximum Gasteiger partial charge on any atom is 0.239 e. The van der Waals surface area contributed by atoms with E-state index in [1.54, 1.807) is 6.26 Å². The van der Waals surface area contributed by atoms with Crippen LogP contribution >= 0.6 is 12.2 Å². The Morgan fingerprint density at radius 2 is 2.04 bits per heavy atom. The van der Waals surface area contributed by atoms with Crippen LogP contribution in [-0.2, 0) is 22.6 Å². The number of carbonyl (C=O) groups excluding carboxylic acids is 1. The lowest BCUT2D eigenvalue weighted by molar-refractivity contribution is -0.120. The number of hydrogen-bond donors (Lipinski definition) is 2. The van der Waals surface area contributed by atoms with Gasteiger partial charge in [-0.2, -0.15) is 0 Å². The predicted octanol–water partition coefficient (Wildman–Crippen LogP) is 2.76. The Hall–Kier alpha value is -2.38. The molecule has 1 fully saturated rings. The van der Waals surface area contributed by atoms with Crippen LogP contribution in [0.2, 0.25) is 0 Å². The zero-order chi connectivity index (χ0) is 19.8. The van der Waals surface area contributed by atoms with E-state index in [2.05, 4.69) is 41.8 Å². The van der Waals surface area contributed by atoms with Gasteiger partial charge in [0.25, 0.3) is 0 Å². The summed E-state index contributed by atoms with van der Waals surface area (Å²) in [4.78, 5) is 14.1. The lowest BCUT2D eigenvalue weighted by Crippen LogP contribution is -2.44. The number of nitrogens with one attached hydrogen (secondary N) is 2. The van der Waals surface area contributed by atoms with Gasteiger partial charge in [0.2, 0.25) is 5.91 Å². The molecule has 1 atom stereocenters. The van der Waals surface area contributed by atoms with Gasteiger partial charge in [-0.3, -0.25) is 4.79 Å². The molecule has 6 nitrogen and oxygen atoms in total. The summed E-state index contributed by atoms with van der Waals surface area (Å²) < 4.78 is 11.0. The van der Waals surface area contributed by atoms with Crippen molar-refractivity contribution in [1.29, 1.82) is 0 Å². The van der Waals surface area contributed by atoms with E-state index < -0.39 is 0 Å². The van der Waals surface area contributed by atoms with Gasteiger partial charge < -0.3 is 24.7 Å². The Kier molecular flexibility index (Phi) is 7.45. The lowest BCUT2D eigenvalue weighted by atomic mass is 10.1. The minimum atomic E-state index is -0.0915. The Balaban J connectivity index is 1.52. The molecule has 1 aromatic carbocycles. The SMILES string of the molecule is Cc1ccc(CN(Cc2ccco2)C(=S)NCC(=O)NCC2CCCO2)cc1. The van der Waals surface area contributed by atoms with Crippen molar-refractivity contribution in [2.24, 2.45) is 0 Å². The molecule has 1 saturated heterocycles. The van der Waals surface area contributed by atoms with E-state index in [9.17, 15) is 4.79 Å². The molecule has 2 aromatic rings. The van der Waals surface area contributed by atoms with Crippen LogP contribution in [0.25, 0.3) is 0 Å². The highest BCUT2D eigenvalue weighted by molar-refractivity contribution is 7.80. The summed E-state index contributed by atoms with van der Waals surface area (Å²) in [6, 6.07) is 12.1. The summed E-state index contributed by atoms with van der Waals surface area (Å²) in [6.45, 7) is 4.69. The van der Waals surface area contributed by atoms with Gasteiger partial charge in [-0.1, -0.05) is 29.8 Å². The topological polar surface area (TPSA) is 66.7 Å². The number of thiocarbonyl (C=S) groups is 1. The van der Waals surface area contributed by atoms with Crippen LogP contribution in [0.3, 0.4) is 0 Å². The highest BCUT2D eigenvalue weighted by atomic mass is 32.1. The number of ether oxygens (including phenoxy) is 1. The number of aryl methyl sites for hydroxylation is 1. The molecule has 28 heavy (non-hydrogen) atoms. The van der Waals surface area contributed by atoms with Crippen molar-refractivity contribution >= 4 is 23.2 Å². The summed E-state index contributed by atoms with van der Waals surface area (Å²) in [5, 5.41) is 6.48. The fraction of sp³-hybridized carbons (Fsp3) is 0.429. The Morgan fingerprint density at radius 1 is 1.21 bits per heavy atom. The Bertz CT molecular complexity index is 756. The van der Waals surface area contributed by atoms with Crippen molar-refractivity contribution in [3.05, 3.63) is 59.5 Å². The first-order valence-electron chi connectivity index (χ1n) is 9.59. The highest BCUT2D eigenvalue weighted by Gasteiger charge is 2.17. The number of furan rings is 1.